The molecule has 21 heavy (non-hydrogen) atoms. The Morgan fingerprint density at radius 2 is 1.86 bits per heavy atom. The second-order valence-corrected chi connectivity index (χ2v) is 5.90. The van der Waals surface area contributed by atoms with Crippen LogP contribution in [-0.2, 0) is 6.42 Å². The molecule has 0 aliphatic carbocycles. The van der Waals surface area contributed by atoms with Gasteiger partial charge in [-0.1, -0.05) is 32.8 Å². The number of rotatable bonds is 9. The zero-order valence-corrected chi connectivity index (χ0v) is 13.7. The van der Waals surface area contributed by atoms with E-state index >= 15 is 0 Å². The molecule has 0 saturated heterocycles. The lowest BCUT2D eigenvalue weighted by molar-refractivity contribution is 0.268. The Balaban J connectivity index is 1.87. The van der Waals surface area contributed by atoms with Crippen molar-refractivity contribution in [2.24, 2.45) is 0 Å². The van der Waals surface area contributed by atoms with E-state index in [-0.39, 0.29) is 0 Å². The Bertz CT molecular complexity index is 412. The van der Waals surface area contributed by atoms with Gasteiger partial charge in [0.15, 0.2) is 0 Å². The molecule has 1 aliphatic rings. The van der Waals surface area contributed by atoms with Gasteiger partial charge in [0.2, 0.25) is 0 Å². The van der Waals surface area contributed by atoms with E-state index in [4.69, 9.17) is 4.74 Å². The monoisotopic (exact) mass is 290 g/mol. The van der Waals surface area contributed by atoms with E-state index in [9.17, 15) is 0 Å². The Morgan fingerprint density at radius 3 is 2.57 bits per heavy atom. The summed E-state index contributed by atoms with van der Waals surface area (Å²) in [6.45, 7) is 9.87. The van der Waals surface area contributed by atoms with Gasteiger partial charge < -0.3 is 15.0 Å². The standard InChI is InChI=1S/C18H30N2O/c1-3-5-11-20(12-6-4-2)13-9-16-7-8-18-17(15-16)19-10-14-21-18/h7-8,15,19H,3-6,9-14H2,1-2H3. The molecule has 0 radical (unpaired) electrons. The summed E-state index contributed by atoms with van der Waals surface area (Å²) in [5.41, 5.74) is 2.57. The zero-order valence-electron chi connectivity index (χ0n) is 13.7. The number of benzene rings is 1. The van der Waals surface area contributed by atoms with Crippen LogP contribution in [0.15, 0.2) is 18.2 Å². The summed E-state index contributed by atoms with van der Waals surface area (Å²) >= 11 is 0. The van der Waals surface area contributed by atoms with Crippen LogP contribution < -0.4 is 10.1 Å². The molecule has 0 fully saturated rings. The maximum atomic E-state index is 5.64. The Kier molecular flexibility index (Phi) is 6.87. The molecule has 1 heterocycles. The molecule has 1 aromatic rings. The average Bonchev–Trinajstić information content (AvgIpc) is 2.54. The smallest absolute Gasteiger partial charge is 0.142 e. The van der Waals surface area contributed by atoms with Gasteiger partial charge in [-0.2, -0.15) is 0 Å². The largest absolute Gasteiger partial charge is 0.490 e. The fraction of sp³-hybridized carbons (Fsp3) is 0.667. The minimum Gasteiger partial charge on any atom is -0.490 e. The van der Waals surface area contributed by atoms with Crippen molar-refractivity contribution in [2.75, 3.05) is 38.1 Å². The van der Waals surface area contributed by atoms with Crippen molar-refractivity contribution < 1.29 is 4.74 Å². The van der Waals surface area contributed by atoms with Crippen LogP contribution in [-0.4, -0.2) is 37.7 Å². The Hall–Kier alpha value is -1.22. The van der Waals surface area contributed by atoms with Crippen molar-refractivity contribution in [3.8, 4) is 5.75 Å². The fourth-order valence-corrected chi connectivity index (χ4v) is 2.73. The molecule has 2 rings (SSSR count). The summed E-state index contributed by atoms with van der Waals surface area (Å²) in [5.74, 6) is 0.999. The summed E-state index contributed by atoms with van der Waals surface area (Å²) in [5, 5.41) is 3.42. The number of nitrogens with one attached hydrogen (secondary N) is 1. The minimum atomic E-state index is 0.772. The van der Waals surface area contributed by atoms with Crippen LogP contribution in [0.25, 0.3) is 0 Å². The molecule has 0 unspecified atom stereocenters. The molecule has 3 nitrogen and oxygen atoms in total. The number of fused-ring (bicyclic) bond motifs is 1. The number of hydrogen-bond donors (Lipinski definition) is 1. The first-order valence-corrected chi connectivity index (χ1v) is 8.55. The van der Waals surface area contributed by atoms with Crippen molar-refractivity contribution in [1.82, 2.24) is 4.90 Å². The van der Waals surface area contributed by atoms with Crippen molar-refractivity contribution in [1.29, 1.82) is 0 Å². The average molecular weight is 290 g/mol. The highest BCUT2D eigenvalue weighted by molar-refractivity contribution is 5.59. The van der Waals surface area contributed by atoms with E-state index in [2.05, 4.69) is 42.3 Å². The summed E-state index contributed by atoms with van der Waals surface area (Å²) in [4.78, 5) is 2.62. The van der Waals surface area contributed by atoms with Gasteiger partial charge in [0.05, 0.1) is 5.69 Å². The van der Waals surface area contributed by atoms with Crippen LogP contribution in [0.2, 0.25) is 0 Å². The summed E-state index contributed by atoms with van der Waals surface area (Å²) in [6.07, 6.45) is 6.31. The number of anilines is 1. The van der Waals surface area contributed by atoms with Gasteiger partial charge in [-0.15, -0.1) is 0 Å². The van der Waals surface area contributed by atoms with Gasteiger partial charge in [0.1, 0.15) is 12.4 Å². The SMILES string of the molecule is CCCCN(CCCC)CCc1ccc2c(c1)NCCO2. The van der Waals surface area contributed by atoms with Gasteiger partial charge >= 0.3 is 0 Å². The molecular weight excluding hydrogens is 260 g/mol. The number of ether oxygens (including phenoxy) is 1. The highest BCUT2D eigenvalue weighted by atomic mass is 16.5. The van der Waals surface area contributed by atoms with Crippen LogP contribution in [0.3, 0.4) is 0 Å². The highest BCUT2D eigenvalue weighted by Gasteiger charge is 2.10. The fourth-order valence-electron chi connectivity index (χ4n) is 2.73. The molecule has 0 aromatic heterocycles. The van der Waals surface area contributed by atoms with E-state index in [1.807, 2.05) is 0 Å². The molecular formula is C18H30N2O. The van der Waals surface area contributed by atoms with Crippen LogP contribution in [0.1, 0.15) is 45.1 Å². The van der Waals surface area contributed by atoms with Gasteiger partial charge in [-0.25, -0.2) is 0 Å². The van der Waals surface area contributed by atoms with Crippen molar-refractivity contribution in [3.63, 3.8) is 0 Å². The lowest BCUT2D eigenvalue weighted by Crippen LogP contribution is -2.28. The van der Waals surface area contributed by atoms with Crippen LogP contribution >= 0.6 is 0 Å². The number of nitrogens with zero attached hydrogens (tertiary/aromatic N) is 1. The van der Waals surface area contributed by atoms with E-state index in [1.54, 1.807) is 0 Å². The van der Waals surface area contributed by atoms with Gasteiger partial charge in [0, 0.05) is 13.1 Å². The van der Waals surface area contributed by atoms with Crippen molar-refractivity contribution >= 4 is 5.69 Å². The molecule has 1 aliphatic heterocycles. The summed E-state index contributed by atoms with van der Waals surface area (Å²) in [6, 6.07) is 6.58. The predicted molar refractivity (Wildman–Crippen MR) is 90.4 cm³/mol. The Labute approximate surface area is 129 Å². The first-order valence-electron chi connectivity index (χ1n) is 8.55. The van der Waals surface area contributed by atoms with Crippen LogP contribution in [0, 0.1) is 0 Å². The van der Waals surface area contributed by atoms with E-state index < -0.39 is 0 Å². The molecule has 0 atom stereocenters. The van der Waals surface area contributed by atoms with Crippen molar-refractivity contribution in [3.05, 3.63) is 23.8 Å². The maximum absolute atomic E-state index is 5.64. The Morgan fingerprint density at radius 1 is 1.10 bits per heavy atom. The zero-order chi connectivity index (χ0) is 14.9. The highest BCUT2D eigenvalue weighted by Crippen LogP contribution is 2.28. The molecule has 0 amide bonds. The topological polar surface area (TPSA) is 24.5 Å². The molecule has 0 saturated carbocycles. The third-order valence-electron chi connectivity index (χ3n) is 4.09. The third kappa shape index (κ3) is 5.24. The van der Waals surface area contributed by atoms with Gasteiger partial charge in [-0.05, 0) is 50.0 Å². The quantitative estimate of drug-likeness (QED) is 0.745. The molecule has 0 bridgehead atoms. The first-order chi connectivity index (χ1) is 10.3. The molecule has 0 spiro atoms. The molecule has 118 valence electrons. The second-order valence-electron chi connectivity index (χ2n) is 5.90. The first kappa shape index (κ1) is 16.2. The summed E-state index contributed by atoms with van der Waals surface area (Å²) in [7, 11) is 0. The molecule has 1 aromatic carbocycles. The van der Waals surface area contributed by atoms with Crippen LogP contribution in [0.5, 0.6) is 5.75 Å². The van der Waals surface area contributed by atoms with Gasteiger partial charge in [-0.3, -0.25) is 0 Å². The van der Waals surface area contributed by atoms with E-state index in [1.165, 1.54) is 50.9 Å². The lowest BCUT2D eigenvalue weighted by atomic mass is 10.1. The predicted octanol–water partition coefficient (Wildman–Crippen LogP) is 3.94. The minimum absolute atomic E-state index is 0.772. The van der Waals surface area contributed by atoms with Gasteiger partial charge in [0.25, 0.3) is 0 Å². The molecule has 1 N–H and O–H groups in total. The van der Waals surface area contributed by atoms with E-state index in [0.717, 1.165) is 31.0 Å². The van der Waals surface area contributed by atoms with Crippen LogP contribution in [0.4, 0.5) is 5.69 Å². The second kappa shape index (κ2) is 8.93. The third-order valence-corrected chi connectivity index (χ3v) is 4.09. The number of unbranched alkanes of at least 4 members (excludes halogenated alkanes) is 2. The van der Waals surface area contributed by atoms with Crippen molar-refractivity contribution in [2.45, 2.75) is 46.0 Å². The number of hydrogen-bond acceptors (Lipinski definition) is 3. The normalized spacial score (nSPS) is 13.7. The summed E-state index contributed by atoms with van der Waals surface area (Å²) < 4.78 is 5.64. The van der Waals surface area contributed by atoms with E-state index in [0.29, 0.717) is 0 Å². The molecule has 3 heteroatoms. The lowest BCUT2D eigenvalue weighted by Gasteiger charge is -2.23. The maximum Gasteiger partial charge on any atom is 0.142 e.